The fourth-order valence-electron chi connectivity index (χ4n) is 3.48. The predicted octanol–water partition coefficient (Wildman–Crippen LogP) is 3.56. The zero-order valence-electron chi connectivity index (χ0n) is 13.5. The van der Waals surface area contributed by atoms with Gasteiger partial charge in [0, 0.05) is 25.1 Å². The van der Waals surface area contributed by atoms with Crippen LogP contribution in [-0.2, 0) is 10.2 Å². The highest BCUT2D eigenvalue weighted by Gasteiger charge is 2.34. The largest absolute Gasteiger partial charge is 0.508 e. The smallest absolute Gasteiger partial charge is 0.115 e. The minimum atomic E-state index is 0.168. The van der Waals surface area contributed by atoms with Crippen LogP contribution in [0.25, 0.3) is 0 Å². The Hall–Kier alpha value is -1.06. The van der Waals surface area contributed by atoms with E-state index in [4.69, 9.17) is 4.74 Å². The number of nitrogens with zero attached hydrogens (tertiary/aromatic N) is 1. The lowest BCUT2D eigenvalue weighted by Gasteiger charge is -2.36. The molecule has 0 radical (unpaired) electrons. The van der Waals surface area contributed by atoms with E-state index in [-0.39, 0.29) is 5.41 Å². The molecule has 3 nitrogen and oxygen atoms in total. The molecule has 0 unspecified atom stereocenters. The van der Waals surface area contributed by atoms with E-state index < -0.39 is 0 Å². The van der Waals surface area contributed by atoms with E-state index in [0.717, 1.165) is 39.3 Å². The summed E-state index contributed by atoms with van der Waals surface area (Å²) in [5.41, 5.74) is 1.45. The standard InChI is InChI=1S/C18H29NO2/c1-3-18(16-8-7-9-17(20)14-16)10-5-6-11-19(15-18)12-13-21-4-2/h7-9,14,20H,3-6,10-13,15H2,1-2H3/t18-/m0/s1. The fourth-order valence-corrected chi connectivity index (χ4v) is 3.48. The summed E-state index contributed by atoms with van der Waals surface area (Å²) in [4.78, 5) is 2.54. The molecule has 1 aromatic rings. The molecule has 1 N–H and O–H groups in total. The van der Waals surface area contributed by atoms with Gasteiger partial charge in [0.2, 0.25) is 0 Å². The average molecular weight is 291 g/mol. The zero-order valence-corrected chi connectivity index (χ0v) is 13.5. The zero-order chi connectivity index (χ0) is 15.1. The van der Waals surface area contributed by atoms with Crippen molar-refractivity contribution in [2.45, 2.75) is 44.9 Å². The Bertz CT molecular complexity index is 435. The highest BCUT2D eigenvalue weighted by atomic mass is 16.5. The van der Waals surface area contributed by atoms with Gasteiger partial charge in [-0.3, -0.25) is 0 Å². The second-order valence-electron chi connectivity index (χ2n) is 6.11. The summed E-state index contributed by atoms with van der Waals surface area (Å²) in [5.74, 6) is 0.380. The van der Waals surface area contributed by atoms with Gasteiger partial charge in [0.05, 0.1) is 6.61 Å². The second kappa shape index (κ2) is 7.81. The second-order valence-corrected chi connectivity index (χ2v) is 6.11. The molecule has 2 rings (SSSR count). The molecule has 1 aliphatic heterocycles. The molecule has 1 aliphatic rings. The molecule has 1 heterocycles. The number of phenols is 1. The van der Waals surface area contributed by atoms with Crippen LogP contribution in [0.3, 0.4) is 0 Å². The molecule has 0 aromatic heterocycles. The van der Waals surface area contributed by atoms with Gasteiger partial charge in [-0.25, -0.2) is 0 Å². The van der Waals surface area contributed by atoms with Gasteiger partial charge in [-0.15, -0.1) is 0 Å². The number of benzene rings is 1. The van der Waals surface area contributed by atoms with Crippen molar-refractivity contribution in [1.29, 1.82) is 0 Å². The summed E-state index contributed by atoms with van der Waals surface area (Å²) in [6, 6.07) is 7.86. The van der Waals surface area contributed by atoms with Crippen molar-refractivity contribution in [2.24, 2.45) is 0 Å². The van der Waals surface area contributed by atoms with Crippen LogP contribution < -0.4 is 0 Å². The lowest BCUT2D eigenvalue weighted by Crippen LogP contribution is -2.40. The third-order valence-corrected chi connectivity index (χ3v) is 4.80. The molecule has 118 valence electrons. The van der Waals surface area contributed by atoms with Crippen LogP contribution in [0.4, 0.5) is 0 Å². The van der Waals surface area contributed by atoms with Gasteiger partial charge in [0.1, 0.15) is 5.75 Å². The maximum atomic E-state index is 9.83. The molecule has 0 aliphatic carbocycles. The maximum absolute atomic E-state index is 9.83. The van der Waals surface area contributed by atoms with E-state index >= 15 is 0 Å². The molecule has 0 spiro atoms. The number of likely N-dealkylation sites (tertiary alicyclic amines) is 1. The number of rotatable bonds is 6. The van der Waals surface area contributed by atoms with Gasteiger partial charge < -0.3 is 14.7 Å². The van der Waals surface area contributed by atoms with Crippen LogP contribution in [0.15, 0.2) is 24.3 Å². The summed E-state index contributed by atoms with van der Waals surface area (Å²) in [7, 11) is 0. The van der Waals surface area contributed by atoms with Gasteiger partial charge in [-0.2, -0.15) is 0 Å². The lowest BCUT2D eigenvalue weighted by atomic mass is 9.74. The summed E-state index contributed by atoms with van der Waals surface area (Å²) >= 11 is 0. The first kappa shape index (κ1) is 16.3. The Labute approximate surface area is 128 Å². The van der Waals surface area contributed by atoms with Crippen LogP contribution in [-0.4, -0.2) is 42.9 Å². The molecule has 1 saturated heterocycles. The van der Waals surface area contributed by atoms with Crippen LogP contribution in [0, 0.1) is 0 Å². The van der Waals surface area contributed by atoms with E-state index in [0.29, 0.717) is 5.75 Å². The SMILES string of the molecule is CCOCCN1CCCC[C@](CC)(c2cccc(O)c2)C1. The molecular weight excluding hydrogens is 262 g/mol. The third kappa shape index (κ3) is 4.21. The monoisotopic (exact) mass is 291 g/mol. The van der Waals surface area contributed by atoms with Gasteiger partial charge in [0.15, 0.2) is 0 Å². The highest BCUT2D eigenvalue weighted by molar-refractivity contribution is 5.33. The quantitative estimate of drug-likeness (QED) is 0.813. The molecule has 3 heteroatoms. The Morgan fingerprint density at radius 1 is 1.29 bits per heavy atom. The first-order valence-corrected chi connectivity index (χ1v) is 8.30. The van der Waals surface area contributed by atoms with Crippen LogP contribution >= 0.6 is 0 Å². The summed E-state index contributed by atoms with van der Waals surface area (Å²) < 4.78 is 5.52. The predicted molar refractivity (Wildman–Crippen MR) is 86.9 cm³/mol. The maximum Gasteiger partial charge on any atom is 0.115 e. The van der Waals surface area contributed by atoms with E-state index in [1.165, 1.54) is 24.8 Å². The Balaban J connectivity index is 2.15. The average Bonchev–Trinajstić information content (AvgIpc) is 2.71. The minimum Gasteiger partial charge on any atom is -0.508 e. The number of hydrogen-bond donors (Lipinski definition) is 1. The summed E-state index contributed by atoms with van der Waals surface area (Å²) in [5, 5.41) is 9.83. The van der Waals surface area contributed by atoms with Crippen molar-refractivity contribution in [2.75, 3.05) is 32.8 Å². The van der Waals surface area contributed by atoms with E-state index in [2.05, 4.69) is 17.9 Å². The lowest BCUT2D eigenvalue weighted by molar-refractivity contribution is 0.105. The first-order valence-electron chi connectivity index (χ1n) is 8.30. The van der Waals surface area contributed by atoms with Gasteiger partial charge in [0.25, 0.3) is 0 Å². The van der Waals surface area contributed by atoms with Gasteiger partial charge >= 0.3 is 0 Å². The Morgan fingerprint density at radius 2 is 2.14 bits per heavy atom. The van der Waals surface area contributed by atoms with Crippen LogP contribution in [0.5, 0.6) is 5.75 Å². The normalized spacial score (nSPS) is 23.9. The number of phenolic OH excluding ortho intramolecular Hbond substituents is 1. The van der Waals surface area contributed by atoms with Crippen LogP contribution in [0.1, 0.15) is 45.1 Å². The molecule has 1 aromatic carbocycles. The molecule has 0 amide bonds. The fraction of sp³-hybridized carbons (Fsp3) is 0.667. The van der Waals surface area contributed by atoms with Crippen molar-refractivity contribution in [3.8, 4) is 5.75 Å². The van der Waals surface area contributed by atoms with Crippen molar-refractivity contribution in [3.05, 3.63) is 29.8 Å². The molecule has 0 bridgehead atoms. The van der Waals surface area contributed by atoms with Crippen molar-refractivity contribution in [3.63, 3.8) is 0 Å². The van der Waals surface area contributed by atoms with Crippen LogP contribution in [0.2, 0.25) is 0 Å². The van der Waals surface area contributed by atoms with Gasteiger partial charge in [-0.05, 0) is 50.4 Å². The first-order chi connectivity index (χ1) is 10.2. The van der Waals surface area contributed by atoms with Gasteiger partial charge in [-0.1, -0.05) is 25.5 Å². The molecular formula is C18H29NO2. The summed E-state index contributed by atoms with van der Waals surface area (Å²) in [6.45, 7) is 9.17. The van der Waals surface area contributed by atoms with Crippen molar-refractivity contribution >= 4 is 0 Å². The molecule has 1 atom stereocenters. The number of hydrogen-bond acceptors (Lipinski definition) is 3. The molecule has 1 fully saturated rings. The van der Waals surface area contributed by atoms with E-state index in [9.17, 15) is 5.11 Å². The molecule has 0 saturated carbocycles. The number of ether oxygens (including phenoxy) is 1. The van der Waals surface area contributed by atoms with E-state index in [1.54, 1.807) is 6.07 Å². The summed E-state index contributed by atoms with van der Waals surface area (Å²) in [6.07, 6.45) is 4.83. The Kier molecular flexibility index (Phi) is 6.07. The third-order valence-electron chi connectivity index (χ3n) is 4.80. The number of aromatic hydroxyl groups is 1. The Morgan fingerprint density at radius 3 is 2.86 bits per heavy atom. The van der Waals surface area contributed by atoms with Crippen molar-refractivity contribution in [1.82, 2.24) is 4.90 Å². The van der Waals surface area contributed by atoms with E-state index in [1.807, 2.05) is 19.1 Å². The minimum absolute atomic E-state index is 0.168. The van der Waals surface area contributed by atoms with Crippen molar-refractivity contribution < 1.29 is 9.84 Å². The topological polar surface area (TPSA) is 32.7 Å². The molecule has 21 heavy (non-hydrogen) atoms. The highest BCUT2D eigenvalue weighted by Crippen LogP contribution is 2.37.